The Morgan fingerprint density at radius 3 is 2.77 bits per heavy atom. The van der Waals surface area contributed by atoms with E-state index in [0.717, 1.165) is 43.6 Å². The first kappa shape index (κ1) is 20.5. The highest BCUT2D eigenvalue weighted by Gasteiger charge is 2.29. The van der Waals surface area contributed by atoms with Crippen LogP contribution in [0.25, 0.3) is 0 Å². The molecule has 2 saturated heterocycles. The standard InChI is InChI=1S/C21H31N7O2/c1-3-22-21(23-14-18(19-7-6-12-30-19)26-8-4-5-9-26)27-10-11-28(20(29)16-27)17-13-24-25(2)15-17/h6-7,12-13,15,18H,3-5,8-11,14,16H2,1-2H3,(H,22,23). The van der Waals surface area contributed by atoms with Gasteiger partial charge in [0.05, 0.1) is 30.7 Å². The molecule has 9 nitrogen and oxygen atoms in total. The average Bonchev–Trinajstić information content (AvgIpc) is 3.51. The first-order chi connectivity index (χ1) is 14.7. The SMILES string of the molecule is CCNC(=NCC(c1ccco1)N1CCCC1)N1CCN(c2cnn(C)c2)C(=O)C1. The van der Waals surface area contributed by atoms with Gasteiger partial charge in [-0.1, -0.05) is 0 Å². The molecule has 162 valence electrons. The molecule has 2 fully saturated rings. The van der Waals surface area contributed by atoms with Gasteiger partial charge in [0.25, 0.3) is 0 Å². The van der Waals surface area contributed by atoms with Gasteiger partial charge in [-0.2, -0.15) is 5.10 Å². The summed E-state index contributed by atoms with van der Waals surface area (Å²) in [4.78, 5) is 24.0. The minimum Gasteiger partial charge on any atom is -0.468 e. The highest BCUT2D eigenvalue weighted by atomic mass is 16.3. The third-order valence-electron chi connectivity index (χ3n) is 5.73. The Morgan fingerprint density at radius 2 is 2.13 bits per heavy atom. The number of hydrogen-bond acceptors (Lipinski definition) is 5. The van der Waals surface area contributed by atoms with Crippen molar-refractivity contribution < 1.29 is 9.21 Å². The molecule has 2 aromatic heterocycles. The molecule has 0 aliphatic carbocycles. The summed E-state index contributed by atoms with van der Waals surface area (Å²) in [6.07, 6.45) is 7.76. The van der Waals surface area contributed by atoms with Crippen LogP contribution >= 0.6 is 0 Å². The molecule has 1 unspecified atom stereocenters. The maximum atomic E-state index is 12.8. The minimum absolute atomic E-state index is 0.0574. The van der Waals surface area contributed by atoms with Crippen LogP contribution in [0.1, 0.15) is 31.6 Å². The van der Waals surface area contributed by atoms with Crippen LogP contribution in [-0.2, 0) is 11.8 Å². The van der Waals surface area contributed by atoms with Crippen molar-refractivity contribution in [3.05, 3.63) is 36.5 Å². The van der Waals surface area contributed by atoms with Gasteiger partial charge >= 0.3 is 0 Å². The molecule has 2 aliphatic rings. The number of aromatic nitrogens is 2. The van der Waals surface area contributed by atoms with Crippen molar-refractivity contribution in [2.45, 2.75) is 25.8 Å². The van der Waals surface area contributed by atoms with Gasteiger partial charge in [0, 0.05) is 32.9 Å². The summed E-state index contributed by atoms with van der Waals surface area (Å²) in [6, 6.07) is 4.09. The number of aryl methyl sites for hydroxylation is 1. The first-order valence-electron chi connectivity index (χ1n) is 10.8. The smallest absolute Gasteiger partial charge is 0.246 e. The fraction of sp³-hybridized carbons (Fsp3) is 0.571. The molecule has 0 aromatic carbocycles. The molecule has 0 saturated carbocycles. The Morgan fingerprint density at radius 1 is 1.30 bits per heavy atom. The lowest BCUT2D eigenvalue weighted by atomic mass is 10.2. The van der Waals surface area contributed by atoms with Gasteiger partial charge in [0.15, 0.2) is 5.96 Å². The summed E-state index contributed by atoms with van der Waals surface area (Å²) >= 11 is 0. The highest BCUT2D eigenvalue weighted by molar-refractivity contribution is 5.98. The van der Waals surface area contributed by atoms with Crippen LogP contribution in [0, 0.1) is 0 Å². The lowest BCUT2D eigenvalue weighted by Gasteiger charge is -2.35. The lowest BCUT2D eigenvalue weighted by Crippen LogP contribution is -2.55. The van der Waals surface area contributed by atoms with E-state index in [1.165, 1.54) is 12.8 Å². The maximum Gasteiger partial charge on any atom is 0.246 e. The van der Waals surface area contributed by atoms with Crippen molar-refractivity contribution in [2.75, 3.05) is 50.7 Å². The van der Waals surface area contributed by atoms with Crippen molar-refractivity contribution >= 4 is 17.6 Å². The van der Waals surface area contributed by atoms with Crippen LogP contribution in [0.5, 0.6) is 0 Å². The first-order valence-corrected chi connectivity index (χ1v) is 10.8. The number of carbonyl (C=O) groups excluding carboxylic acids is 1. The topological polar surface area (TPSA) is 82.1 Å². The van der Waals surface area contributed by atoms with E-state index in [4.69, 9.17) is 9.41 Å². The number of aliphatic imine (C=N–C) groups is 1. The van der Waals surface area contributed by atoms with Crippen LogP contribution in [0.2, 0.25) is 0 Å². The van der Waals surface area contributed by atoms with E-state index in [-0.39, 0.29) is 11.9 Å². The summed E-state index contributed by atoms with van der Waals surface area (Å²) in [6.45, 7) is 7.19. The van der Waals surface area contributed by atoms with Gasteiger partial charge in [-0.25, -0.2) is 0 Å². The van der Waals surface area contributed by atoms with Gasteiger partial charge in [0.1, 0.15) is 12.3 Å². The van der Waals surface area contributed by atoms with Crippen LogP contribution in [0.4, 0.5) is 5.69 Å². The quantitative estimate of drug-likeness (QED) is 0.570. The Kier molecular flexibility index (Phi) is 6.37. The summed E-state index contributed by atoms with van der Waals surface area (Å²) in [5.41, 5.74) is 0.844. The molecule has 0 bridgehead atoms. The van der Waals surface area contributed by atoms with E-state index in [1.54, 1.807) is 22.0 Å². The van der Waals surface area contributed by atoms with Gasteiger partial charge in [-0.05, 0) is 45.0 Å². The molecule has 4 rings (SSSR count). The maximum absolute atomic E-state index is 12.8. The van der Waals surface area contributed by atoms with Crippen molar-refractivity contribution in [2.24, 2.45) is 12.0 Å². The number of nitrogens with one attached hydrogen (secondary N) is 1. The normalized spacial score (nSPS) is 19.5. The van der Waals surface area contributed by atoms with Crippen LogP contribution in [0.3, 0.4) is 0 Å². The Bertz CT molecular complexity index is 855. The number of piperazine rings is 1. The number of rotatable bonds is 6. The van der Waals surface area contributed by atoms with E-state index >= 15 is 0 Å². The second-order valence-corrected chi connectivity index (χ2v) is 7.81. The molecule has 9 heteroatoms. The number of likely N-dealkylation sites (tertiary alicyclic amines) is 1. The third kappa shape index (κ3) is 4.51. The zero-order valence-corrected chi connectivity index (χ0v) is 17.8. The molecular formula is C21H31N7O2. The van der Waals surface area contributed by atoms with Gasteiger partial charge in [-0.3, -0.25) is 19.4 Å². The fourth-order valence-electron chi connectivity index (χ4n) is 4.19. The largest absolute Gasteiger partial charge is 0.468 e. The van der Waals surface area contributed by atoms with E-state index in [9.17, 15) is 4.79 Å². The Hall–Kier alpha value is -2.81. The zero-order chi connectivity index (χ0) is 20.9. The molecule has 30 heavy (non-hydrogen) atoms. The zero-order valence-electron chi connectivity index (χ0n) is 17.8. The third-order valence-corrected chi connectivity index (χ3v) is 5.73. The van der Waals surface area contributed by atoms with E-state index in [2.05, 4.69) is 15.3 Å². The molecular weight excluding hydrogens is 382 g/mol. The molecule has 1 amide bonds. The van der Waals surface area contributed by atoms with Crippen LogP contribution in [0.15, 0.2) is 40.2 Å². The monoisotopic (exact) mass is 413 g/mol. The highest BCUT2D eigenvalue weighted by Crippen LogP contribution is 2.26. The number of hydrogen-bond donors (Lipinski definition) is 1. The number of anilines is 1. The Labute approximate surface area is 177 Å². The van der Waals surface area contributed by atoms with Crippen molar-refractivity contribution in [3.8, 4) is 0 Å². The van der Waals surface area contributed by atoms with Crippen LogP contribution in [-0.4, -0.2) is 77.3 Å². The van der Waals surface area contributed by atoms with Gasteiger partial charge in [0.2, 0.25) is 5.91 Å². The second-order valence-electron chi connectivity index (χ2n) is 7.81. The molecule has 0 spiro atoms. The average molecular weight is 414 g/mol. The number of amides is 1. The second kappa shape index (κ2) is 9.34. The van der Waals surface area contributed by atoms with Crippen molar-refractivity contribution in [1.82, 2.24) is 24.9 Å². The molecule has 0 radical (unpaired) electrons. The van der Waals surface area contributed by atoms with Crippen LogP contribution < -0.4 is 10.2 Å². The van der Waals surface area contributed by atoms with Gasteiger partial charge < -0.3 is 19.5 Å². The Balaban J connectivity index is 1.46. The fourth-order valence-corrected chi connectivity index (χ4v) is 4.19. The molecule has 1 N–H and O–H groups in total. The van der Waals surface area contributed by atoms with E-state index in [1.807, 2.05) is 37.2 Å². The minimum atomic E-state index is 0.0574. The van der Waals surface area contributed by atoms with E-state index in [0.29, 0.717) is 19.6 Å². The number of nitrogens with zero attached hydrogens (tertiary/aromatic N) is 6. The van der Waals surface area contributed by atoms with Crippen molar-refractivity contribution in [1.29, 1.82) is 0 Å². The molecule has 2 aliphatic heterocycles. The number of guanidine groups is 1. The van der Waals surface area contributed by atoms with Gasteiger partial charge in [-0.15, -0.1) is 0 Å². The summed E-state index contributed by atoms with van der Waals surface area (Å²) in [5.74, 6) is 1.79. The van der Waals surface area contributed by atoms with E-state index < -0.39 is 0 Å². The number of carbonyl (C=O) groups is 1. The predicted octanol–water partition coefficient (Wildman–Crippen LogP) is 1.46. The predicted molar refractivity (Wildman–Crippen MR) is 115 cm³/mol. The molecule has 4 heterocycles. The van der Waals surface area contributed by atoms with Crippen molar-refractivity contribution in [3.63, 3.8) is 0 Å². The summed E-state index contributed by atoms with van der Waals surface area (Å²) < 4.78 is 7.43. The number of furan rings is 1. The lowest BCUT2D eigenvalue weighted by molar-refractivity contribution is -0.120. The summed E-state index contributed by atoms with van der Waals surface area (Å²) in [5, 5.41) is 7.54. The molecule has 2 aromatic rings. The summed E-state index contributed by atoms with van der Waals surface area (Å²) in [7, 11) is 1.86. The molecule has 1 atom stereocenters.